The zero-order chi connectivity index (χ0) is 20.8. The number of likely N-dealkylation sites (tertiary alicyclic amines) is 2. The van der Waals surface area contributed by atoms with E-state index in [-0.39, 0.29) is 23.4 Å². The van der Waals surface area contributed by atoms with E-state index in [9.17, 15) is 22.8 Å². The molecule has 9 heteroatoms. The molecule has 3 heterocycles. The number of nitrogens with zero attached hydrogens (tertiary/aromatic N) is 3. The number of halogens is 3. The Labute approximate surface area is 166 Å². The number of carbonyl (C=O) groups is 1. The number of hydrogen-bond donors (Lipinski definition) is 1. The maximum absolute atomic E-state index is 12.9. The highest BCUT2D eigenvalue weighted by molar-refractivity contribution is 5.79. The number of carbonyl (C=O) groups excluding carboxylic acids is 1. The van der Waals surface area contributed by atoms with Gasteiger partial charge in [0.1, 0.15) is 0 Å². The maximum Gasteiger partial charge on any atom is 0.416 e. The van der Waals surface area contributed by atoms with Crippen LogP contribution < -0.4 is 5.69 Å². The van der Waals surface area contributed by atoms with Crippen molar-refractivity contribution in [2.45, 2.75) is 37.9 Å². The van der Waals surface area contributed by atoms with Crippen LogP contribution in [-0.2, 0) is 11.0 Å². The molecule has 0 aliphatic carbocycles. The molecule has 2 aliphatic heterocycles. The number of aromatic nitrogens is 2. The van der Waals surface area contributed by atoms with Gasteiger partial charge in [-0.25, -0.2) is 4.79 Å². The van der Waals surface area contributed by atoms with Gasteiger partial charge in [0.05, 0.1) is 16.6 Å². The number of aromatic amines is 1. The predicted octanol–water partition coefficient (Wildman–Crippen LogP) is 2.85. The first kappa shape index (κ1) is 20.0. The smallest absolute Gasteiger partial charge is 0.342 e. The SMILES string of the molecule is CN1CCC(C(=O)N2CCC(n3c(=O)[nH]c4cc(C(F)(F)F)ccc43)CC2)CC1. The molecule has 2 aliphatic rings. The van der Waals surface area contributed by atoms with E-state index in [2.05, 4.69) is 16.9 Å². The Hall–Kier alpha value is -2.29. The summed E-state index contributed by atoms with van der Waals surface area (Å²) in [5.41, 5.74) is -0.519. The Morgan fingerprint density at radius 3 is 2.34 bits per heavy atom. The molecule has 0 radical (unpaired) electrons. The lowest BCUT2D eigenvalue weighted by molar-refractivity contribution is -0.138. The molecule has 0 unspecified atom stereocenters. The Morgan fingerprint density at radius 2 is 1.72 bits per heavy atom. The van der Waals surface area contributed by atoms with Crippen molar-refractivity contribution in [1.29, 1.82) is 0 Å². The first-order valence-corrected chi connectivity index (χ1v) is 10.0. The van der Waals surface area contributed by atoms with Gasteiger partial charge in [-0.1, -0.05) is 0 Å². The fourth-order valence-electron chi connectivity index (χ4n) is 4.53. The highest BCUT2D eigenvalue weighted by Crippen LogP contribution is 2.32. The minimum absolute atomic E-state index is 0.0688. The standard InChI is InChI=1S/C20H25F3N4O2/c1-25-8-4-13(5-9-25)18(28)26-10-6-15(7-11-26)27-17-3-2-14(20(21,22)23)12-16(17)24-19(27)29/h2-3,12-13,15H,4-11H2,1H3,(H,24,29). The molecule has 0 bridgehead atoms. The summed E-state index contributed by atoms with van der Waals surface area (Å²) in [6.07, 6.45) is -1.47. The number of piperidine rings is 2. The molecule has 1 aromatic heterocycles. The van der Waals surface area contributed by atoms with Gasteiger partial charge in [-0.3, -0.25) is 9.36 Å². The van der Waals surface area contributed by atoms with Gasteiger partial charge in [0.2, 0.25) is 5.91 Å². The zero-order valence-electron chi connectivity index (χ0n) is 16.3. The first-order valence-electron chi connectivity index (χ1n) is 10.0. The first-order chi connectivity index (χ1) is 13.7. The van der Waals surface area contributed by atoms with Crippen LogP contribution in [-0.4, -0.2) is 58.5 Å². The van der Waals surface area contributed by atoms with Crippen molar-refractivity contribution < 1.29 is 18.0 Å². The number of rotatable bonds is 2. The third-order valence-corrected chi connectivity index (χ3v) is 6.25. The number of fused-ring (bicyclic) bond motifs is 1. The van der Waals surface area contributed by atoms with Gasteiger partial charge in [-0.2, -0.15) is 13.2 Å². The molecule has 0 atom stereocenters. The van der Waals surface area contributed by atoms with Crippen molar-refractivity contribution in [3.63, 3.8) is 0 Å². The molecule has 2 aromatic rings. The summed E-state index contributed by atoms with van der Waals surface area (Å²) in [5.74, 6) is 0.261. The van der Waals surface area contributed by atoms with Gasteiger partial charge in [-0.05, 0) is 64.0 Å². The van der Waals surface area contributed by atoms with E-state index < -0.39 is 17.4 Å². The summed E-state index contributed by atoms with van der Waals surface area (Å²) in [5, 5.41) is 0. The van der Waals surface area contributed by atoms with Crippen molar-refractivity contribution in [2.24, 2.45) is 5.92 Å². The summed E-state index contributed by atoms with van der Waals surface area (Å²) in [6, 6.07) is 3.21. The van der Waals surface area contributed by atoms with Crippen LogP contribution in [0.4, 0.5) is 13.2 Å². The van der Waals surface area contributed by atoms with Gasteiger partial charge >= 0.3 is 11.9 Å². The van der Waals surface area contributed by atoms with E-state index >= 15 is 0 Å². The van der Waals surface area contributed by atoms with Gasteiger partial charge in [0, 0.05) is 25.0 Å². The zero-order valence-corrected chi connectivity index (χ0v) is 16.3. The number of H-pyrrole nitrogens is 1. The Bertz CT molecular complexity index is 949. The minimum atomic E-state index is -4.45. The highest BCUT2D eigenvalue weighted by Gasteiger charge is 2.33. The van der Waals surface area contributed by atoms with Crippen molar-refractivity contribution in [3.05, 3.63) is 34.2 Å². The summed E-state index contributed by atoms with van der Waals surface area (Å²) >= 11 is 0. The van der Waals surface area contributed by atoms with Crippen LogP contribution in [0.2, 0.25) is 0 Å². The third-order valence-electron chi connectivity index (χ3n) is 6.25. The second-order valence-corrected chi connectivity index (χ2v) is 8.16. The molecular formula is C20H25F3N4O2. The molecule has 1 N–H and O–H groups in total. The number of benzene rings is 1. The quantitative estimate of drug-likeness (QED) is 0.828. The fourth-order valence-corrected chi connectivity index (χ4v) is 4.53. The number of amides is 1. The summed E-state index contributed by atoms with van der Waals surface area (Å²) < 4.78 is 40.3. The lowest BCUT2D eigenvalue weighted by Gasteiger charge is -2.36. The summed E-state index contributed by atoms with van der Waals surface area (Å²) in [7, 11) is 2.06. The lowest BCUT2D eigenvalue weighted by atomic mass is 9.94. The largest absolute Gasteiger partial charge is 0.416 e. The molecule has 1 aromatic carbocycles. The average molecular weight is 410 g/mol. The van der Waals surface area contributed by atoms with Crippen LogP contribution in [0.15, 0.2) is 23.0 Å². The van der Waals surface area contributed by atoms with Gasteiger partial charge in [0.25, 0.3) is 0 Å². The average Bonchev–Trinajstić information content (AvgIpc) is 3.02. The van der Waals surface area contributed by atoms with E-state index in [0.29, 0.717) is 31.4 Å². The van der Waals surface area contributed by atoms with Crippen LogP contribution in [0, 0.1) is 5.92 Å². The molecule has 2 saturated heterocycles. The van der Waals surface area contributed by atoms with Crippen molar-refractivity contribution >= 4 is 16.9 Å². The van der Waals surface area contributed by atoms with E-state index in [4.69, 9.17) is 0 Å². The topological polar surface area (TPSA) is 61.3 Å². The molecule has 6 nitrogen and oxygen atoms in total. The lowest BCUT2D eigenvalue weighted by Crippen LogP contribution is -2.45. The van der Waals surface area contributed by atoms with Gasteiger partial charge in [-0.15, -0.1) is 0 Å². The Morgan fingerprint density at radius 1 is 1.07 bits per heavy atom. The predicted molar refractivity (Wildman–Crippen MR) is 103 cm³/mol. The molecule has 29 heavy (non-hydrogen) atoms. The van der Waals surface area contributed by atoms with Crippen LogP contribution in [0.5, 0.6) is 0 Å². The maximum atomic E-state index is 12.9. The summed E-state index contributed by atoms with van der Waals surface area (Å²) in [4.78, 5) is 31.9. The normalized spacial score (nSPS) is 20.5. The van der Waals surface area contributed by atoms with Crippen LogP contribution in [0.3, 0.4) is 0 Å². The van der Waals surface area contributed by atoms with Gasteiger partial charge < -0.3 is 14.8 Å². The molecule has 158 valence electrons. The van der Waals surface area contributed by atoms with Crippen LogP contribution in [0.25, 0.3) is 11.0 Å². The fraction of sp³-hybridized carbons (Fsp3) is 0.600. The number of imidazole rings is 1. The number of hydrogen-bond acceptors (Lipinski definition) is 3. The number of nitrogens with one attached hydrogen (secondary N) is 1. The second-order valence-electron chi connectivity index (χ2n) is 8.16. The summed E-state index contributed by atoms with van der Waals surface area (Å²) in [6.45, 7) is 2.99. The molecule has 4 rings (SSSR count). The van der Waals surface area contributed by atoms with E-state index in [1.54, 1.807) is 4.57 Å². The second kappa shape index (κ2) is 7.51. The molecule has 2 fully saturated rings. The Kier molecular flexibility index (Phi) is 5.18. The van der Waals surface area contributed by atoms with Crippen LogP contribution >= 0.6 is 0 Å². The van der Waals surface area contributed by atoms with Crippen molar-refractivity contribution in [2.75, 3.05) is 33.2 Å². The molecular weight excluding hydrogens is 385 g/mol. The Balaban J connectivity index is 1.47. The van der Waals surface area contributed by atoms with Crippen LogP contribution in [0.1, 0.15) is 37.3 Å². The monoisotopic (exact) mass is 410 g/mol. The molecule has 1 amide bonds. The van der Waals surface area contributed by atoms with E-state index in [0.717, 1.165) is 38.1 Å². The van der Waals surface area contributed by atoms with Gasteiger partial charge in [0.15, 0.2) is 0 Å². The third kappa shape index (κ3) is 3.92. The molecule has 0 spiro atoms. The van der Waals surface area contributed by atoms with Crippen molar-refractivity contribution in [3.8, 4) is 0 Å². The van der Waals surface area contributed by atoms with E-state index in [1.807, 2.05) is 4.90 Å². The minimum Gasteiger partial charge on any atom is -0.342 e. The van der Waals surface area contributed by atoms with Crippen molar-refractivity contribution in [1.82, 2.24) is 19.4 Å². The van der Waals surface area contributed by atoms with E-state index in [1.165, 1.54) is 6.07 Å². The molecule has 0 saturated carbocycles. The highest BCUT2D eigenvalue weighted by atomic mass is 19.4. The number of alkyl halides is 3.